The zero-order valence-corrected chi connectivity index (χ0v) is 25.6. The summed E-state index contributed by atoms with van der Waals surface area (Å²) in [7, 11) is 0. The normalized spacial score (nSPS) is 32.6. The molecule has 0 aliphatic carbocycles. The number of benzene rings is 3. The highest BCUT2D eigenvalue weighted by Crippen LogP contribution is 2.45. The van der Waals surface area contributed by atoms with E-state index in [4.69, 9.17) is 27.8 Å². The molecular formula is C31H29BrO13. The Morgan fingerprint density at radius 1 is 0.756 bits per heavy atom. The number of aliphatic hydroxyl groups is 4. The molecule has 4 heterocycles. The Labute approximate surface area is 261 Å². The second-order valence-electron chi connectivity index (χ2n) is 11.7. The smallest absolute Gasteiger partial charge is 0.348 e. The molecule has 2 aliphatic rings. The van der Waals surface area contributed by atoms with Crippen LogP contribution in [-0.4, -0.2) is 80.8 Å². The van der Waals surface area contributed by atoms with Gasteiger partial charge in [0.25, 0.3) is 0 Å². The molecule has 14 heteroatoms. The van der Waals surface area contributed by atoms with E-state index in [9.17, 15) is 35.1 Å². The highest BCUT2D eigenvalue weighted by atomic mass is 79.9. The quantitative estimate of drug-likeness (QED) is 0.105. The van der Waals surface area contributed by atoms with Crippen LogP contribution in [0.2, 0.25) is 0 Å². The molecular weight excluding hydrogens is 660 g/mol. The molecule has 7 rings (SSSR count). The molecule has 5 N–H and O–H groups in total. The van der Waals surface area contributed by atoms with E-state index in [-0.39, 0.29) is 49.2 Å². The molecule has 45 heavy (non-hydrogen) atoms. The van der Waals surface area contributed by atoms with E-state index < -0.39 is 78.2 Å². The van der Waals surface area contributed by atoms with Gasteiger partial charge in [-0.2, -0.15) is 0 Å². The molecule has 238 valence electrons. The molecule has 5 aromatic rings. The van der Waals surface area contributed by atoms with Crippen LogP contribution in [-0.2, 0) is 14.2 Å². The Morgan fingerprint density at radius 2 is 1.47 bits per heavy atom. The van der Waals surface area contributed by atoms with Gasteiger partial charge in [0.15, 0.2) is 18.0 Å². The van der Waals surface area contributed by atoms with E-state index in [1.807, 2.05) is 0 Å². The maximum atomic E-state index is 13.3. The molecule has 2 aromatic heterocycles. The first kappa shape index (κ1) is 30.3. The fourth-order valence-corrected chi connectivity index (χ4v) is 6.79. The largest absolute Gasteiger partial charge is 0.506 e. The molecule has 0 spiro atoms. The van der Waals surface area contributed by atoms with Gasteiger partial charge in [-0.05, 0) is 32.0 Å². The molecule has 0 saturated carbocycles. The second-order valence-corrected chi connectivity index (χ2v) is 12.6. The van der Waals surface area contributed by atoms with Gasteiger partial charge in [0, 0.05) is 26.5 Å². The topological polar surface area (TPSA) is 198 Å². The van der Waals surface area contributed by atoms with Gasteiger partial charge >= 0.3 is 11.3 Å². The van der Waals surface area contributed by atoms with Crippen LogP contribution in [0, 0.1) is 5.92 Å². The summed E-state index contributed by atoms with van der Waals surface area (Å²) in [5.41, 5.74) is -1.54. The fourth-order valence-electron chi connectivity index (χ4n) is 6.36. The minimum Gasteiger partial charge on any atom is -0.506 e. The first-order valence-electron chi connectivity index (χ1n) is 14.3. The van der Waals surface area contributed by atoms with Crippen molar-refractivity contribution >= 4 is 59.4 Å². The molecule has 0 bridgehead atoms. The van der Waals surface area contributed by atoms with Crippen LogP contribution in [0.25, 0.3) is 43.5 Å². The van der Waals surface area contributed by atoms with Gasteiger partial charge in [-0.15, -0.1) is 0 Å². The zero-order valence-electron chi connectivity index (χ0n) is 24.0. The lowest BCUT2D eigenvalue weighted by Gasteiger charge is -2.45. The Hall–Kier alpha value is -3.34. The molecule has 2 fully saturated rings. The van der Waals surface area contributed by atoms with Crippen molar-refractivity contribution in [2.24, 2.45) is 5.92 Å². The van der Waals surface area contributed by atoms with Gasteiger partial charge in [0.1, 0.15) is 40.8 Å². The molecule has 3 aromatic carbocycles. The molecule has 0 radical (unpaired) electrons. The van der Waals surface area contributed by atoms with E-state index in [2.05, 4.69) is 15.9 Å². The van der Waals surface area contributed by atoms with E-state index in [0.717, 1.165) is 0 Å². The summed E-state index contributed by atoms with van der Waals surface area (Å²) >= 11 is 3.31. The number of halogens is 1. The predicted octanol–water partition coefficient (Wildman–Crippen LogP) is 2.45. The molecule has 4 unspecified atom stereocenters. The van der Waals surface area contributed by atoms with Crippen LogP contribution < -0.4 is 16.0 Å². The van der Waals surface area contributed by atoms with Crippen molar-refractivity contribution in [1.82, 2.24) is 0 Å². The lowest BCUT2D eigenvalue weighted by Crippen LogP contribution is -2.62. The molecule has 2 aliphatic heterocycles. The number of fused-ring (bicyclic) bond motifs is 2. The monoisotopic (exact) mass is 688 g/mol. The molecule has 13 nitrogen and oxygen atoms in total. The number of hydrogen-bond donors (Lipinski definition) is 5. The van der Waals surface area contributed by atoms with Crippen molar-refractivity contribution in [2.45, 2.75) is 76.1 Å². The minimum absolute atomic E-state index is 0.0195. The Kier molecular flexibility index (Phi) is 7.33. The lowest BCUT2D eigenvalue weighted by molar-refractivity contribution is -0.346. The van der Waals surface area contributed by atoms with Crippen molar-refractivity contribution in [3.8, 4) is 11.5 Å². The maximum absolute atomic E-state index is 13.3. The zero-order chi connectivity index (χ0) is 32.1. The van der Waals surface area contributed by atoms with Crippen LogP contribution >= 0.6 is 15.9 Å². The van der Waals surface area contributed by atoms with Gasteiger partial charge in [0.05, 0.1) is 29.1 Å². The first-order chi connectivity index (χ1) is 21.4. The SMILES string of the molecule is CC1O[C@H](OC2[C@H](Oc3cccc4c(O)c5c(=O)oc6cc(Br)cc7c(=O)oc(c34)c5c67)OC(C)[C@H](O)[C@@H]2O)[C@H](O)C(C)[C@H]1O. The highest BCUT2D eigenvalue weighted by molar-refractivity contribution is 9.10. The van der Waals surface area contributed by atoms with E-state index in [1.165, 1.54) is 37.3 Å². The van der Waals surface area contributed by atoms with Crippen LogP contribution in [0.15, 0.2) is 53.2 Å². The summed E-state index contributed by atoms with van der Waals surface area (Å²) in [5, 5.41) is 54.8. The van der Waals surface area contributed by atoms with Crippen molar-refractivity contribution in [2.75, 3.05) is 0 Å². The third-order valence-electron chi connectivity index (χ3n) is 8.87. The number of aliphatic hydroxyl groups excluding tert-OH is 4. The van der Waals surface area contributed by atoms with Gasteiger partial charge in [-0.1, -0.05) is 35.0 Å². The Balaban J connectivity index is 1.39. The molecule has 10 atom stereocenters. The molecule has 0 amide bonds. The summed E-state index contributed by atoms with van der Waals surface area (Å²) in [4.78, 5) is 26.4. The highest BCUT2D eigenvalue weighted by Gasteiger charge is 2.49. The van der Waals surface area contributed by atoms with Crippen molar-refractivity contribution in [3.63, 3.8) is 0 Å². The van der Waals surface area contributed by atoms with Crippen molar-refractivity contribution in [3.05, 3.63) is 55.6 Å². The van der Waals surface area contributed by atoms with Crippen molar-refractivity contribution in [1.29, 1.82) is 0 Å². The van der Waals surface area contributed by atoms with E-state index in [1.54, 1.807) is 13.8 Å². The number of aromatic hydroxyl groups is 1. The second kappa shape index (κ2) is 10.9. The van der Waals surface area contributed by atoms with Crippen molar-refractivity contribution < 1.29 is 53.3 Å². The van der Waals surface area contributed by atoms with Crippen LogP contribution in [0.1, 0.15) is 20.8 Å². The summed E-state index contributed by atoms with van der Waals surface area (Å²) in [6.07, 6.45) is -11.0. The summed E-state index contributed by atoms with van der Waals surface area (Å²) in [6, 6.07) is 7.58. The lowest BCUT2D eigenvalue weighted by atomic mass is 9.91. The van der Waals surface area contributed by atoms with Crippen LogP contribution in [0.5, 0.6) is 11.5 Å². The average molecular weight is 689 g/mol. The molecule has 2 saturated heterocycles. The third kappa shape index (κ3) is 4.62. The predicted molar refractivity (Wildman–Crippen MR) is 161 cm³/mol. The minimum atomic E-state index is -1.57. The number of rotatable bonds is 4. The van der Waals surface area contributed by atoms with Gasteiger partial charge in [-0.25, -0.2) is 9.59 Å². The average Bonchev–Trinajstić information content (AvgIpc) is 3.00. The van der Waals surface area contributed by atoms with Gasteiger partial charge < -0.3 is 53.3 Å². The van der Waals surface area contributed by atoms with E-state index in [0.29, 0.717) is 4.47 Å². The summed E-state index contributed by atoms with van der Waals surface area (Å²) in [5.74, 6) is -1.05. The Morgan fingerprint density at radius 3 is 2.22 bits per heavy atom. The van der Waals surface area contributed by atoms with E-state index >= 15 is 0 Å². The Bertz CT molecular complexity index is 2060. The fraction of sp³-hybridized carbons (Fsp3) is 0.419. The van der Waals surface area contributed by atoms with Crippen LogP contribution in [0.4, 0.5) is 0 Å². The third-order valence-corrected chi connectivity index (χ3v) is 9.32. The van der Waals surface area contributed by atoms with Gasteiger partial charge in [0.2, 0.25) is 6.29 Å². The number of ether oxygens (including phenoxy) is 4. The summed E-state index contributed by atoms with van der Waals surface area (Å²) in [6.45, 7) is 4.75. The standard InChI is InChI=1S/C31H29BrO13/c1-9-21(33)10(2)40-30(22(9)34)45-27-25(37)23(35)11(3)41-31(27)43-15-6-4-5-13-18(15)26-19-17-14(28(38)44-26)7-12(32)8-16(17)42-29(39)20(19)24(13)36/h4-11,21-23,25,27,30-31,33-37H,1-3H3/t9?,10?,11?,21-,22-,23+,25+,27?,30-,31+/m1/s1. The number of hydrogen-bond acceptors (Lipinski definition) is 13. The number of phenolic OH excluding ortho intramolecular Hbond substituents is 1. The first-order valence-corrected chi connectivity index (χ1v) is 15.1. The maximum Gasteiger partial charge on any atom is 0.348 e. The summed E-state index contributed by atoms with van der Waals surface area (Å²) < 4.78 is 35.6. The van der Waals surface area contributed by atoms with Crippen LogP contribution in [0.3, 0.4) is 0 Å². The van der Waals surface area contributed by atoms with Gasteiger partial charge in [-0.3, -0.25) is 0 Å². The number of phenols is 1.